The maximum Gasteiger partial charge on any atom is 0.418 e. The Balaban J connectivity index is 2.47. The van der Waals surface area contributed by atoms with E-state index < -0.39 is 23.5 Å². The number of alkyl halides is 3. The highest BCUT2D eigenvalue weighted by molar-refractivity contribution is 5.57. The smallest absolute Gasteiger partial charge is 0.398 e. The summed E-state index contributed by atoms with van der Waals surface area (Å²) in [4.78, 5) is 3.78. The molecule has 0 bridgehead atoms. The van der Waals surface area contributed by atoms with E-state index in [0.717, 1.165) is 6.07 Å². The largest absolute Gasteiger partial charge is 0.418 e. The van der Waals surface area contributed by atoms with Gasteiger partial charge in [-0.05, 0) is 23.8 Å². The summed E-state index contributed by atoms with van der Waals surface area (Å²) in [6.07, 6.45) is -2.87. The summed E-state index contributed by atoms with van der Waals surface area (Å²) in [5.41, 5.74) is 4.57. The number of anilines is 1. The molecule has 19 heavy (non-hydrogen) atoms. The third kappa shape index (κ3) is 2.68. The van der Waals surface area contributed by atoms with Crippen molar-refractivity contribution in [2.45, 2.75) is 12.3 Å². The molecule has 100 valence electrons. The standard InChI is InChI=1S/C13H11F3N2O/c14-13(15,16)10-3-1-2-9(11(10)17)12(19)8-4-6-18-7-5-8/h1-7,12,19H,17H2. The Morgan fingerprint density at radius 3 is 2.32 bits per heavy atom. The van der Waals surface area contributed by atoms with Crippen molar-refractivity contribution in [3.05, 3.63) is 59.4 Å². The molecule has 1 aromatic heterocycles. The highest BCUT2D eigenvalue weighted by atomic mass is 19.4. The summed E-state index contributed by atoms with van der Waals surface area (Å²) in [5, 5.41) is 10.1. The molecular weight excluding hydrogens is 257 g/mol. The van der Waals surface area contributed by atoms with Gasteiger partial charge in [-0.3, -0.25) is 4.98 Å². The van der Waals surface area contributed by atoms with E-state index in [9.17, 15) is 18.3 Å². The molecule has 2 aromatic rings. The van der Waals surface area contributed by atoms with E-state index in [4.69, 9.17) is 5.73 Å². The maximum atomic E-state index is 12.7. The Hall–Kier alpha value is -2.08. The first kappa shape index (κ1) is 13.4. The number of nitrogens with two attached hydrogens (primary N) is 1. The summed E-state index contributed by atoms with van der Waals surface area (Å²) >= 11 is 0. The summed E-state index contributed by atoms with van der Waals surface area (Å²) < 4.78 is 38.2. The maximum absolute atomic E-state index is 12.7. The SMILES string of the molecule is Nc1c(C(O)c2ccncc2)cccc1C(F)(F)F. The number of nitrogens with zero attached hydrogens (tertiary/aromatic N) is 1. The van der Waals surface area contributed by atoms with E-state index in [1.807, 2.05) is 0 Å². The molecule has 3 nitrogen and oxygen atoms in total. The van der Waals surface area contributed by atoms with Gasteiger partial charge < -0.3 is 10.8 Å². The second kappa shape index (κ2) is 4.89. The average Bonchev–Trinajstić information content (AvgIpc) is 2.38. The Labute approximate surface area is 107 Å². The Morgan fingerprint density at radius 1 is 1.11 bits per heavy atom. The lowest BCUT2D eigenvalue weighted by Gasteiger charge is -2.17. The van der Waals surface area contributed by atoms with Gasteiger partial charge in [0.05, 0.1) is 5.56 Å². The van der Waals surface area contributed by atoms with Crippen LogP contribution in [0.25, 0.3) is 0 Å². The summed E-state index contributed by atoms with van der Waals surface area (Å²) in [6.45, 7) is 0. The summed E-state index contributed by atoms with van der Waals surface area (Å²) in [5.74, 6) is 0. The molecule has 0 aliphatic heterocycles. The van der Waals surface area contributed by atoms with Crippen molar-refractivity contribution in [3.63, 3.8) is 0 Å². The average molecular weight is 268 g/mol. The van der Waals surface area contributed by atoms with Crippen LogP contribution in [0.15, 0.2) is 42.7 Å². The number of hydrogen-bond acceptors (Lipinski definition) is 3. The van der Waals surface area contributed by atoms with Crippen LogP contribution < -0.4 is 5.73 Å². The van der Waals surface area contributed by atoms with Crippen LogP contribution in [-0.2, 0) is 6.18 Å². The van der Waals surface area contributed by atoms with Crippen molar-refractivity contribution in [2.24, 2.45) is 0 Å². The molecule has 0 saturated heterocycles. The number of pyridine rings is 1. The van der Waals surface area contributed by atoms with Crippen LogP contribution in [0, 0.1) is 0 Å². The van der Waals surface area contributed by atoms with Crippen molar-refractivity contribution < 1.29 is 18.3 Å². The molecule has 3 N–H and O–H groups in total. The highest BCUT2D eigenvalue weighted by Crippen LogP contribution is 2.37. The van der Waals surface area contributed by atoms with Gasteiger partial charge in [0.25, 0.3) is 0 Å². The van der Waals surface area contributed by atoms with Gasteiger partial charge in [-0.25, -0.2) is 0 Å². The minimum atomic E-state index is -4.54. The number of hydrogen-bond donors (Lipinski definition) is 2. The number of para-hydroxylation sites is 1. The van der Waals surface area contributed by atoms with E-state index in [2.05, 4.69) is 4.98 Å². The molecule has 1 aromatic carbocycles. The second-order valence-electron chi connectivity index (χ2n) is 3.99. The van der Waals surface area contributed by atoms with Crippen molar-refractivity contribution in [1.29, 1.82) is 0 Å². The molecule has 0 aliphatic rings. The molecule has 2 rings (SSSR count). The van der Waals surface area contributed by atoms with Crippen molar-refractivity contribution in [2.75, 3.05) is 5.73 Å². The molecule has 0 aliphatic carbocycles. The molecule has 1 heterocycles. The minimum absolute atomic E-state index is 0.0287. The zero-order valence-corrected chi connectivity index (χ0v) is 9.72. The van der Waals surface area contributed by atoms with Crippen LogP contribution in [0.4, 0.5) is 18.9 Å². The van der Waals surface area contributed by atoms with Gasteiger partial charge in [0.15, 0.2) is 0 Å². The monoisotopic (exact) mass is 268 g/mol. The molecule has 0 spiro atoms. The lowest BCUT2D eigenvalue weighted by atomic mass is 9.98. The van der Waals surface area contributed by atoms with E-state index in [-0.39, 0.29) is 5.56 Å². The lowest BCUT2D eigenvalue weighted by molar-refractivity contribution is -0.137. The molecule has 1 unspecified atom stereocenters. The number of halogens is 3. The minimum Gasteiger partial charge on any atom is -0.398 e. The molecule has 6 heteroatoms. The van der Waals surface area contributed by atoms with Crippen LogP contribution in [0.3, 0.4) is 0 Å². The molecule has 0 amide bonds. The van der Waals surface area contributed by atoms with Gasteiger partial charge in [0.2, 0.25) is 0 Å². The Bertz CT molecular complexity index is 570. The van der Waals surface area contributed by atoms with Crippen LogP contribution in [-0.4, -0.2) is 10.1 Å². The van der Waals surface area contributed by atoms with Gasteiger partial charge in [-0.1, -0.05) is 12.1 Å². The van der Waals surface area contributed by atoms with Crippen LogP contribution >= 0.6 is 0 Å². The topological polar surface area (TPSA) is 59.1 Å². The first-order valence-electron chi connectivity index (χ1n) is 5.45. The number of aliphatic hydroxyl groups is 1. The van der Waals surface area contributed by atoms with E-state index >= 15 is 0 Å². The highest BCUT2D eigenvalue weighted by Gasteiger charge is 2.34. The normalized spacial score (nSPS) is 13.3. The molecular formula is C13H11F3N2O. The summed E-state index contributed by atoms with van der Waals surface area (Å²) in [7, 11) is 0. The van der Waals surface area contributed by atoms with E-state index in [1.165, 1.54) is 36.7 Å². The zero-order chi connectivity index (χ0) is 14.0. The molecule has 0 fully saturated rings. The van der Waals surface area contributed by atoms with Crippen molar-refractivity contribution in [1.82, 2.24) is 4.98 Å². The predicted molar refractivity (Wildman–Crippen MR) is 64.2 cm³/mol. The van der Waals surface area contributed by atoms with Gasteiger partial charge in [-0.2, -0.15) is 13.2 Å². The fourth-order valence-corrected chi connectivity index (χ4v) is 1.79. The fraction of sp³-hybridized carbons (Fsp3) is 0.154. The van der Waals surface area contributed by atoms with Gasteiger partial charge in [0, 0.05) is 23.6 Å². The van der Waals surface area contributed by atoms with Gasteiger partial charge in [0.1, 0.15) is 6.10 Å². The van der Waals surface area contributed by atoms with Gasteiger partial charge in [-0.15, -0.1) is 0 Å². The summed E-state index contributed by atoms with van der Waals surface area (Å²) in [6, 6.07) is 6.52. The third-order valence-corrected chi connectivity index (χ3v) is 2.76. The zero-order valence-electron chi connectivity index (χ0n) is 9.72. The van der Waals surface area contributed by atoms with E-state index in [0.29, 0.717) is 5.56 Å². The van der Waals surface area contributed by atoms with Crippen molar-refractivity contribution in [3.8, 4) is 0 Å². The Morgan fingerprint density at radius 2 is 1.74 bits per heavy atom. The molecule has 0 saturated carbocycles. The molecule has 0 radical (unpaired) electrons. The van der Waals surface area contributed by atoms with Gasteiger partial charge >= 0.3 is 6.18 Å². The number of nitrogen functional groups attached to an aromatic ring is 1. The number of benzene rings is 1. The Kier molecular flexibility index (Phi) is 3.44. The number of aliphatic hydroxyl groups excluding tert-OH is 1. The third-order valence-electron chi connectivity index (χ3n) is 2.76. The second-order valence-corrected chi connectivity index (χ2v) is 3.99. The van der Waals surface area contributed by atoms with Crippen molar-refractivity contribution >= 4 is 5.69 Å². The quantitative estimate of drug-likeness (QED) is 0.823. The lowest BCUT2D eigenvalue weighted by Crippen LogP contribution is -2.12. The molecule has 1 atom stereocenters. The fourth-order valence-electron chi connectivity index (χ4n) is 1.79. The first-order valence-corrected chi connectivity index (χ1v) is 5.45. The van der Waals surface area contributed by atoms with Crippen LogP contribution in [0.2, 0.25) is 0 Å². The number of aromatic nitrogens is 1. The number of rotatable bonds is 2. The van der Waals surface area contributed by atoms with Crippen LogP contribution in [0.1, 0.15) is 22.8 Å². The van der Waals surface area contributed by atoms with E-state index in [1.54, 1.807) is 0 Å². The first-order chi connectivity index (χ1) is 8.91. The predicted octanol–water partition coefficient (Wildman–Crippen LogP) is 2.76. The van der Waals surface area contributed by atoms with Crippen LogP contribution in [0.5, 0.6) is 0 Å².